The predicted octanol–water partition coefficient (Wildman–Crippen LogP) is 5.18. The van der Waals surface area contributed by atoms with Crippen LogP contribution in [0.15, 0.2) is 42.6 Å². The molecule has 4 amide bonds. The second-order valence-corrected chi connectivity index (χ2v) is 15.8. The van der Waals surface area contributed by atoms with Crippen molar-refractivity contribution >= 4 is 40.2 Å². The highest BCUT2D eigenvalue weighted by molar-refractivity contribution is 6.01. The fourth-order valence-corrected chi connectivity index (χ4v) is 9.14. The number of pyridine rings is 1. The zero-order chi connectivity index (χ0) is 41.7. The van der Waals surface area contributed by atoms with Crippen molar-refractivity contribution in [2.24, 2.45) is 11.7 Å². The number of rotatable bonds is 8. The second kappa shape index (κ2) is 15.8. The molecule has 4 saturated heterocycles. The van der Waals surface area contributed by atoms with E-state index in [0.717, 1.165) is 44.8 Å². The smallest absolute Gasteiger partial charge is 0.433 e. The fourth-order valence-electron chi connectivity index (χ4n) is 9.14. The van der Waals surface area contributed by atoms with E-state index < -0.39 is 52.8 Å². The number of halogens is 5. The molecular formula is C41H43F5N8O5. The standard InChI is InChI=1S/C41H43F5N8O5/c1-59-33-19-32-23(16-29(33)27-2-4-34(41(44,45)46)48-37(27)38(47)56)21-54(50-32)25-9-12-51(13-10-25)24-7-14-52(15-8-24)40(58)22-6-11-53(20-22)26-17-30(42)36(31(43)18-26)28-3-5-35(55)49-39(28)57/h2,4,16-19,21-22,24-25,28H,3,5-15,20H2,1H3,(H2,47,56)(H,49,55,57)/t22-,28-/m1/s1. The van der Waals surface area contributed by atoms with Gasteiger partial charge in [-0.05, 0) is 68.9 Å². The van der Waals surface area contributed by atoms with Crippen molar-refractivity contribution in [1.82, 2.24) is 29.9 Å². The number of ether oxygens (including phenoxy) is 1. The minimum absolute atomic E-state index is 0.00934. The van der Waals surface area contributed by atoms with Gasteiger partial charge in [-0.2, -0.15) is 18.3 Å². The SMILES string of the molecule is COc1cc2nn(C3CCN(C4CCN(C(=O)[C@@H]5CCN(c6cc(F)c([C@H]7CCC(=O)NC7=O)c(F)c6)C5)CC4)CC3)cc2cc1-c1ccc(C(F)(F)F)nc1C(N)=O. The molecule has 0 spiro atoms. The van der Waals surface area contributed by atoms with Crippen LogP contribution in [0.4, 0.5) is 27.6 Å². The van der Waals surface area contributed by atoms with E-state index in [2.05, 4.69) is 15.2 Å². The third-order valence-corrected chi connectivity index (χ3v) is 12.3. The summed E-state index contributed by atoms with van der Waals surface area (Å²) in [6, 6.07) is 8.20. The van der Waals surface area contributed by atoms with Crippen LogP contribution in [-0.2, 0) is 20.6 Å². The number of carbonyl (C=O) groups is 4. The summed E-state index contributed by atoms with van der Waals surface area (Å²) >= 11 is 0. The number of alkyl halides is 3. The third kappa shape index (κ3) is 7.93. The summed E-state index contributed by atoms with van der Waals surface area (Å²) in [7, 11) is 1.42. The predicted molar refractivity (Wildman–Crippen MR) is 204 cm³/mol. The Morgan fingerprint density at radius 1 is 0.881 bits per heavy atom. The normalized spacial score (nSPS) is 21.3. The summed E-state index contributed by atoms with van der Waals surface area (Å²) in [4.78, 5) is 59.3. The Kier molecular flexibility index (Phi) is 10.8. The number of benzene rings is 2. The number of imide groups is 1. The van der Waals surface area contributed by atoms with Gasteiger partial charge in [-0.3, -0.25) is 29.2 Å². The first kappa shape index (κ1) is 40.1. The van der Waals surface area contributed by atoms with E-state index in [4.69, 9.17) is 15.6 Å². The first-order valence-corrected chi connectivity index (χ1v) is 19.7. The van der Waals surface area contributed by atoms with E-state index >= 15 is 8.78 Å². The molecule has 0 saturated carbocycles. The summed E-state index contributed by atoms with van der Waals surface area (Å²) < 4.78 is 78.0. The summed E-state index contributed by atoms with van der Waals surface area (Å²) in [5.74, 6) is -5.00. The van der Waals surface area contributed by atoms with Crippen molar-refractivity contribution in [1.29, 1.82) is 0 Å². The maximum atomic E-state index is 15.2. The van der Waals surface area contributed by atoms with Gasteiger partial charge in [0.05, 0.1) is 30.5 Å². The summed E-state index contributed by atoms with van der Waals surface area (Å²) in [6.45, 7) is 3.70. The number of amides is 4. The molecule has 3 N–H and O–H groups in total. The number of fused-ring (bicyclic) bond motifs is 1. The Bertz CT molecular complexity index is 2300. The highest BCUT2D eigenvalue weighted by Gasteiger charge is 2.38. The molecule has 2 aromatic heterocycles. The highest BCUT2D eigenvalue weighted by Crippen LogP contribution is 2.39. The number of nitrogens with one attached hydrogen (secondary N) is 1. The van der Waals surface area contributed by atoms with Crippen molar-refractivity contribution in [3.05, 3.63) is 71.2 Å². The van der Waals surface area contributed by atoms with Gasteiger partial charge in [-0.1, -0.05) is 0 Å². The topological polar surface area (TPSA) is 156 Å². The van der Waals surface area contributed by atoms with Crippen LogP contribution < -0.4 is 20.7 Å². The van der Waals surface area contributed by atoms with Crippen LogP contribution in [0.3, 0.4) is 0 Å². The van der Waals surface area contributed by atoms with Gasteiger partial charge >= 0.3 is 6.18 Å². The maximum absolute atomic E-state index is 15.2. The lowest BCUT2D eigenvalue weighted by atomic mass is 9.89. The zero-order valence-electron chi connectivity index (χ0n) is 32.2. The van der Waals surface area contributed by atoms with E-state index in [-0.39, 0.29) is 41.8 Å². The average Bonchev–Trinajstić information content (AvgIpc) is 3.88. The largest absolute Gasteiger partial charge is 0.496 e. The molecule has 4 aromatic rings. The van der Waals surface area contributed by atoms with Gasteiger partial charge < -0.3 is 25.2 Å². The lowest BCUT2D eigenvalue weighted by Crippen LogP contribution is -2.50. The van der Waals surface area contributed by atoms with Crippen molar-refractivity contribution < 1.29 is 45.9 Å². The Balaban J connectivity index is 0.854. The van der Waals surface area contributed by atoms with E-state index in [1.165, 1.54) is 25.3 Å². The molecule has 2 atom stereocenters. The lowest BCUT2D eigenvalue weighted by Gasteiger charge is -2.42. The van der Waals surface area contributed by atoms with Gasteiger partial charge in [0, 0.05) is 91.8 Å². The van der Waals surface area contributed by atoms with Gasteiger partial charge in [-0.15, -0.1) is 0 Å². The Labute approximate surface area is 335 Å². The first-order valence-electron chi connectivity index (χ1n) is 19.7. The van der Waals surface area contributed by atoms with Gasteiger partial charge in [0.15, 0.2) is 0 Å². The molecule has 312 valence electrons. The Hall–Kier alpha value is -5.65. The highest BCUT2D eigenvalue weighted by atomic mass is 19.4. The van der Waals surface area contributed by atoms with Gasteiger partial charge in [0.25, 0.3) is 5.91 Å². The molecule has 59 heavy (non-hydrogen) atoms. The number of carbonyl (C=O) groups excluding carboxylic acids is 4. The fraction of sp³-hybridized carbons (Fsp3) is 0.463. The zero-order valence-corrected chi connectivity index (χ0v) is 32.2. The number of likely N-dealkylation sites (tertiary alicyclic amines) is 2. The Morgan fingerprint density at radius 3 is 2.22 bits per heavy atom. The second-order valence-electron chi connectivity index (χ2n) is 15.8. The van der Waals surface area contributed by atoms with Crippen LogP contribution in [-0.4, -0.2) is 101 Å². The average molecular weight is 823 g/mol. The number of nitrogens with zero attached hydrogens (tertiary/aromatic N) is 6. The number of anilines is 1. The molecule has 4 aliphatic heterocycles. The van der Waals surface area contributed by atoms with Crippen LogP contribution in [0.25, 0.3) is 22.0 Å². The summed E-state index contributed by atoms with van der Waals surface area (Å²) in [5, 5.41) is 7.66. The number of nitrogens with two attached hydrogens (primary N) is 1. The van der Waals surface area contributed by atoms with Gasteiger partial charge in [0.1, 0.15) is 28.8 Å². The molecular weight excluding hydrogens is 779 g/mol. The van der Waals surface area contributed by atoms with Crippen LogP contribution in [0.5, 0.6) is 5.75 Å². The monoisotopic (exact) mass is 822 g/mol. The minimum atomic E-state index is -4.75. The molecule has 0 unspecified atom stereocenters. The Morgan fingerprint density at radius 2 is 1.58 bits per heavy atom. The van der Waals surface area contributed by atoms with Gasteiger partial charge in [-0.25, -0.2) is 13.8 Å². The van der Waals surface area contributed by atoms with Crippen LogP contribution >= 0.6 is 0 Å². The van der Waals surface area contributed by atoms with Crippen molar-refractivity contribution in [3.63, 3.8) is 0 Å². The lowest BCUT2D eigenvalue weighted by molar-refractivity contribution is -0.141. The summed E-state index contributed by atoms with van der Waals surface area (Å²) in [6.07, 6.45) is 1.05. The molecule has 18 heteroatoms. The number of primary amides is 1. The molecule has 2 aromatic carbocycles. The number of methoxy groups -OCH3 is 1. The number of piperidine rings is 3. The number of hydrogen-bond acceptors (Lipinski definition) is 9. The van der Waals surface area contributed by atoms with Crippen LogP contribution in [0.1, 0.15) is 78.7 Å². The molecule has 4 aliphatic rings. The van der Waals surface area contributed by atoms with Crippen LogP contribution in [0.2, 0.25) is 0 Å². The quantitative estimate of drug-likeness (QED) is 0.181. The van der Waals surface area contributed by atoms with E-state index in [0.29, 0.717) is 66.5 Å². The molecule has 0 bridgehead atoms. The molecule has 4 fully saturated rings. The van der Waals surface area contributed by atoms with Crippen molar-refractivity contribution in [2.75, 3.05) is 51.3 Å². The molecule has 8 rings (SSSR count). The van der Waals surface area contributed by atoms with Gasteiger partial charge in [0.2, 0.25) is 17.7 Å². The summed E-state index contributed by atoms with van der Waals surface area (Å²) in [5.41, 5.74) is 4.80. The van der Waals surface area contributed by atoms with E-state index in [1.54, 1.807) is 17.0 Å². The molecule has 6 heterocycles. The molecule has 0 radical (unpaired) electrons. The molecule has 13 nitrogen and oxygen atoms in total. The van der Waals surface area contributed by atoms with Crippen molar-refractivity contribution in [2.45, 2.75) is 69.1 Å². The number of hydrogen-bond donors (Lipinski definition) is 2. The number of aromatic nitrogens is 3. The molecule has 0 aliphatic carbocycles. The first-order chi connectivity index (χ1) is 28.2. The van der Waals surface area contributed by atoms with Crippen LogP contribution in [0, 0.1) is 17.6 Å². The van der Waals surface area contributed by atoms with E-state index in [1.807, 2.05) is 15.8 Å². The van der Waals surface area contributed by atoms with E-state index in [9.17, 15) is 32.3 Å². The minimum Gasteiger partial charge on any atom is -0.496 e. The third-order valence-electron chi connectivity index (χ3n) is 12.3. The maximum Gasteiger partial charge on any atom is 0.433 e. The van der Waals surface area contributed by atoms with Crippen molar-refractivity contribution in [3.8, 4) is 16.9 Å².